The Morgan fingerprint density at radius 1 is 0.840 bits per heavy atom. The molecule has 3 nitrogen and oxygen atoms in total. The number of hydrogen-bond donors (Lipinski definition) is 1. The molecule has 1 N–H and O–H groups in total. The van der Waals surface area contributed by atoms with E-state index in [0.717, 1.165) is 21.9 Å². The Labute approximate surface area is 149 Å². The Kier molecular flexibility index (Phi) is 4.67. The predicted octanol–water partition coefficient (Wildman–Crippen LogP) is 4.62. The second-order valence-electron chi connectivity index (χ2n) is 7.24. The van der Waals surface area contributed by atoms with Gasteiger partial charge < -0.3 is 0 Å². The zero-order chi connectivity index (χ0) is 18.1. The highest BCUT2D eigenvalue weighted by Crippen LogP contribution is 2.24. The Morgan fingerprint density at radius 3 is 2.16 bits per heavy atom. The van der Waals surface area contributed by atoms with Gasteiger partial charge in [-0.1, -0.05) is 75.4 Å². The number of hydrogen-bond acceptors (Lipinski definition) is 2. The molecule has 25 heavy (non-hydrogen) atoms. The molecule has 0 spiro atoms. The van der Waals surface area contributed by atoms with E-state index in [4.69, 9.17) is 0 Å². The SMILES string of the molecule is CC(C)(C)c1ccc(S(=O)(=O)NCc2cccc3ccccc23)cc1. The highest BCUT2D eigenvalue weighted by Gasteiger charge is 2.17. The number of sulfonamides is 1. The zero-order valence-corrected chi connectivity index (χ0v) is 15.6. The van der Waals surface area contributed by atoms with E-state index in [-0.39, 0.29) is 12.0 Å². The molecule has 0 fully saturated rings. The van der Waals surface area contributed by atoms with Crippen molar-refractivity contribution in [3.8, 4) is 0 Å². The van der Waals surface area contributed by atoms with Gasteiger partial charge >= 0.3 is 0 Å². The molecule has 0 saturated carbocycles. The lowest BCUT2D eigenvalue weighted by Gasteiger charge is -2.19. The third kappa shape index (κ3) is 3.91. The second kappa shape index (κ2) is 6.62. The molecule has 4 heteroatoms. The van der Waals surface area contributed by atoms with E-state index in [2.05, 4.69) is 25.5 Å². The third-order valence-electron chi connectivity index (χ3n) is 4.36. The summed E-state index contributed by atoms with van der Waals surface area (Å²) in [5.41, 5.74) is 2.08. The third-order valence-corrected chi connectivity index (χ3v) is 5.78. The van der Waals surface area contributed by atoms with Gasteiger partial charge in [-0.15, -0.1) is 0 Å². The Hall–Kier alpha value is -2.17. The average molecular weight is 353 g/mol. The van der Waals surface area contributed by atoms with Gasteiger partial charge in [0.05, 0.1) is 4.90 Å². The lowest BCUT2D eigenvalue weighted by molar-refractivity contribution is 0.578. The van der Waals surface area contributed by atoms with Crippen molar-refractivity contribution in [1.82, 2.24) is 4.72 Å². The van der Waals surface area contributed by atoms with Crippen LogP contribution in [0.3, 0.4) is 0 Å². The van der Waals surface area contributed by atoms with Gasteiger partial charge in [0.1, 0.15) is 0 Å². The van der Waals surface area contributed by atoms with Gasteiger partial charge in [-0.3, -0.25) is 0 Å². The van der Waals surface area contributed by atoms with Crippen LogP contribution in [-0.4, -0.2) is 8.42 Å². The molecule has 0 aliphatic rings. The van der Waals surface area contributed by atoms with Crippen molar-refractivity contribution >= 4 is 20.8 Å². The van der Waals surface area contributed by atoms with Gasteiger partial charge in [-0.25, -0.2) is 13.1 Å². The van der Waals surface area contributed by atoms with Crippen LogP contribution in [0, 0.1) is 0 Å². The molecule has 0 aliphatic heterocycles. The van der Waals surface area contributed by atoms with Crippen LogP contribution in [0.5, 0.6) is 0 Å². The highest BCUT2D eigenvalue weighted by molar-refractivity contribution is 7.89. The topological polar surface area (TPSA) is 46.2 Å². The summed E-state index contributed by atoms with van der Waals surface area (Å²) in [6.45, 7) is 6.59. The van der Waals surface area contributed by atoms with Crippen molar-refractivity contribution in [2.24, 2.45) is 0 Å². The van der Waals surface area contributed by atoms with Gasteiger partial charge in [-0.05, 0) is 39.4 Å². The molecule has 0 atom stereocenters. The Balaban J connectivity index is 1.82. The van der Waals surface area contributed by atoms with Crippen LogP contribution in [0.2, 0.25) is 0 Å². The van der Waals surface area contributed by atoms with Crippen molar-refractivity contribution < 1.29 is 8.42 Å². The summed E-state index contributed by atoms with van der Waals surface area (Å²) in [5.74, 6) is 0. The van der Waals surface area contributed by atoms with Crippen molar-refractivity contribution in [2.75, 3.05) is 0 Å². The molecule has 0 heterocycles. The number of nitrogens with one attached hydrogen (secondary N) is 1. The normalized spacial score (nSPS) is 12.4. The molecular weight excluding hydrogens is 330 g/mol. The van der Waals surface area contributed by atoms with E-state index in [1.165, 1.54) is 0 Å². The smallest absolute Gasteiger partial charge is 0.207 e. The largest absolute Gasteiger partial charge is 0.240 e. The monoisotopic (exact) mass is 353 g/mol. The van der Waals surface area contributed by atoms with Crippen LogP contribution in [0.1, 0.15) is 31.9 Å². The van der Waals surface area contributed by atoms with E-state index in [1.807, 2.05) is 54.6 Å². The van der Waals surface area contributed by atoms with E-state index in [1.54, 1.807) is 12.1 Å². The molecule has 0 bridgehead atoms. The first-order valence-electron chi connectivity index (χ1n) is 8.34. The van der Waals surface area contributed by atoms with E-state index >= 15 is 0 Å². The van der Waals surface area contributed by atoms with Crippen LogP contribution in [-0.2, 0) is 22.0 Å². The molecule has 3 rings (SSSR count). The molecule has 0 saturated heterocycles. The molecule has 130 valence electrons. The van der Waals surface area contributed by atoms with Gasteiger partial charge in [-0.2, -0.15) is 0 Å². The fraction of sp³-hybridized carbons (Fsp3) is 0.238. The molecular formula is C21H23NO2S. The number of rotatable bonds is 4. The Bertz CT molecular complexity index is 979. The van der Waals surface area contributed by atoms with Gasteiger partial charge in [0.15, 0.2) is 0 Å². The van der Waals surface area contributed by atoms with Crippen molar-refractivity contribution in [1.29, 1.82) is 0 Å². The fourth-order valence-corrected chi connectivity index (χ4v) is 3.84. The molecule has 3 aromatic rings. The molecule has 0 radical (unpaired) electrons. The summed E-state index contributed by atoms with van der Waals surface area (Å²) in [4.78, 5) is 0.292. The quantitative estimate of drug-likeness (QED) is 0.744. The lowest BCUT2D eigenvalue weighted by Crippen LogP contribution is -2.23. The summed E-state index contributed by atoms with van der Waals surface area (Å²) in [6, 6.07) is 21.0. The van der Waals surface area contributed by atoms with Crippen molar-refractivity contribution in [3.05, 3.63) is 77.9 Å². The van der Waals surface area contributed by atoms with Crippen LogP contribution in [0.25, 0.3) is 10.8 Å². The minimum Gasteiger partial charge on any atom is -0.207 e. The van der Waals surface area contributed by atoms with Gasteiger partial charge in [0.2, 0.25) is 10.0 Å². The predicted molar refractivity (Wildman–Crippen MR) is 103 cm³/mol. The number of fused-ring (bicyclic) bond motifs is 1. The van der Waals surface area contributed by atoms with Gasteiger partial charge in [0.25, 0.3) is 0 Å². The summed E-state index contributed by atoms with van der Waals surface area (Å²) in [6.07, 6.45) is 0. The van der Waals surface area contributed by atoms with Crippen LogP contribution >= 0.6 is 0 Å². The molecule has 3 aromatic carbocycles. The highest BCUT2D eigenvalue weighted by atomic mass is 32.2. The molecule has 0 amide bonds. The van der Waals surface area contributed by atoms with Gasteiger partial charge in [0, 0.05) is 6.54 Å². The minimum atomic E-state index is -3.54. The van der Waals surface area contributed by atoms with E-state index in [9.17, 15) is 8.42 Å². The standard InChI is InChI=1S/C21H23NO2S/c1-21(2,3)18-11-13-19(14-12-18)25(23,24)22-15-17-9-6-8-16-7-4-5-10-20(16)17/h4-14,22H,15H2,1-3H3. The minimum absolute atomic E-state index is 0.00131. The summed E-state index contributed by atoms with van der Waals surface area (Å²) in [7, 11) is -3.54. The van der Waals surface area contributed by atoms with Crippen LogP contribution in [0.4, 0.5) is 0 Å². The Morgan fingerprint density at radius 2 is 1.48 bits per heavy atom. The maximum Gasteiger partial charge on any atom is 0.240 e. The van der Waals surface area contributed by atoms with Crippen molar-refractivity contribution in [3.63, 3.8) is 0 Å². The van der Waals surface area contributed by atoms with E-state index < -0.39 is 10.0 Å². The first-order chi connectivity index (χ1) is 11.8. The summed E-state index contributed by atoms with van der Waals surface area (Å²) in [5, 5.41) is 2.17. The molecule has 0 aromatic heterocycles. The number of benzene rings is 3. The van der Waals surface area contributed by atoms with Crippen LogP contribution in [0.15, 0.2) is 71.6 Å². The van der Waals surface area contributed by atoms with Crippen LogP contribution < -0.4 is 4.72 Å². The summed E-state index contributed by atoms with van der Waals surface area (Å²) < 4.78 is 27.9. The summed E-state index contributed by atoms with van der Waals surface area (Å²) >= 11 is 0. The maximum atomic E-state index is 12.6. The lowest BCUT2D eigenvalue weighted by atomic mass is 9.87. The average Bonchev–Trinajstić information content (AvgIpc) is 2.59. The first-order valence-corrected chi connectivity index (χ1v) is 9.82. The molecule has 0 unspecified atom stereocenters. The first kappa shape index (κ1) is 17.6. The molecule has 0 aliphatic carbocycles. The van der Waals surface area contributed by atoms with Crippen molar-refractivity contribution in [2.45, 2.75) is 37.6 Å². The second-order valence-corrected chi connectivity index (χ2v) is 9.00. The maximum absolute atomic E-state index is 12.6. The van der Waals surface area contributed by atoms with E-state index in [0.29, 0.717) is 4.90 Å². The zero-order valence-electron chi connectivity index (χ0n) is 14.8. The fourth-order valence-electron chi connectivity index (χ4n) is 2.84.